The number of carbonyl (C=O) groups excluding carboxylic acids is 1. The van der Waals surface area contributed by atoms with E-state index in [1.165, 1.54) is 12.3 Å². The van der Waals surface area contributed by atoms with E-state index in [0.717, 1.165) is 0 Å². The van der Waals surface area contributed by atoms with Crippen molar-refractivity contribution in [1.29, 1.82) is 0 Å². The lowest BCUT2D eigenvalue weighted by molar-refractivity contribution is -0.385. The van der Waals surface area contributed by atoms with Gasteiger partial charge in [0.15, 0.2) is 0 Å². The van der Waals surface area contributed by atoms with Crippen LogP contribution in [0.15, 0.2) is 30.7 Å². The van der Waals surface area contributed by atoms with Crippen LogP contribution >= 0.6 is 11.6 Å². The number of carbonyl (C=O) groups is 1. The van der Waals surface area contributed by atoms with E-state index in [-0.39, 0.29) is 17.3 Å². The van der Waals surface area contributed by atoms with Gasteiger partial charge in [-0.2, -0.15) is 5.10 Å². The van der Waals surface area contributed by atoms with Crippen molar-refractivity contribution >= 4 is 23.2 Å². The molecule has 2 rings (SSSR count). The van der Waals surface area contributed by atoms with Gasteiger partial charge in [0, 0.05) is 25.1 Å². The number of aromatic nitrogens is 3. The van der Waals surface area contributed by atoms with Crippen molar-refractivity contribution in [2.75, 3.05) is 6.54 Å². The molecule has 1 amide bonds. The molecular weight excluding hydrogens is 286 g/mol. The second-order valence-corrected chi connectivity index (χ2v) is 4.14. The second-order valence-electron chi connectivity index (χ2n) is 3.78. The summed E-state index contributed by atoms with van der Waals surface area (Å²) in [6.07, 6.45) is 4.62. The first-order valence-corrected chi connectivity index (χ1v) is 6.02. The molecule has 0 aliphatic rings. The van der Waals surface area contributed by atoms with Gasteiger partial charge in [0.2, 0.25) is 5.15 Å². The summed E-state index contributed by atoms with van der Waals surface area (Å²) < 4.78 is 1.63. The summed E-state index contributed by atoms with van der Waals surface area (Å²) >= 11 is 5.64. The predicted molar refractivity (Wildman–Crippen MR) is 70.5 cm³/mol. The molecule has 1 N–H and O–H groups in total. The third-order valence-electron chi connectivity index (χ3n) is 2.49. The average molecular weight is 296 g/mol. The first-order valence-electron chi connectivity index (χ1n) is 5.64. The number of pyridine rings is 1. The van der Waals surface area contributed by atoms with Crippen LogP contribution in [0, 0.1) is 10.1 Å². The topological polar surface area (TPSA) is 103 Å². The largest absolute Gasteiger partial charge is 0.350 e. The van der Waals surface area contributed by atoms with Crippen LogP contribution in [0.2, 0.25) is 5.15 Å². The lowest BCUT2D eigenvalue weighted by Gasteiger charge is -2.06. The molecule has 0 aliphatic heterocycles. The number of nitrogens with zero attached hydrogens (tertiary/aromatic N) is 4. The summed E-state index contributed by atoms with van der Waals surface area (Å²) in [4.78, 5) is 25.7. The summed E-state index contributed by atoms with van der Waals surface area (Å²) in [5.74, 6) is -0.576. The highest BCUT2D eigenvalue weighted by Gasteiger charge is 2.24. The van der Waals surface area contributed by atoms with Gasteiger partial charge in [-0.3, -0.25) is 19.6 Å². The summed E-state index contributed by atoms with van der Waals surface area (Å²) in [6, 6.07) is 3.02. The molecule has 9 heteroatoms. The molecule has 0 spiro atoms. The Bertz CT molecular complexity index is 629. The SMILES string of the molecule is O=C(NCCn1cccn1)c1ccnc(Cl)c1[N+](=O)[O-]. The number of amides is 1. The Morgan fingerprint density at radius 2 is 2.30 bits per heavy atom. The van der Waals surface area contributed by atoms with Crippen molar-refractivity contribution < 1.29 is 9.72 Å². The Morgan fingerprint density at radius 1 is 1.50 bits per heavy atom. The molecule has 0 saturated heterocycles. The van der Waals surface area contributed by atoms with Gasteiger partial charge in [-0.05, 0) is 12.1 Å². The Labute approximate surface area is 118 Å². The van der Waals surface area contributed by atoms with Crippen LogP contribution < -0.4 is 5.32 Å². The van der Waals surface area contributed by atoms with Gasteiger partial charge in [0.25, 0.3) is 5.91 Å². The highest BCUT2D eigenvalue weighted by Crippen LogP contribution is 2.25. The number of nitrogens with one attached hydrogen (secondary N) is 1. The van der Waals surface area contributed by atoms with Crippen molar-refractivity contribution in [3.8, 4) is 0 Å². The van der Waals surface area contributed by atoms with E-state index in [4.69, 9.17) is 11.6 Å². The molecule has 2 aromatic heterocycles. The van der Waals surface area contributed by atoms with Crippen LogP contribution in [-0.4, -0.2) is 32.1 Å². The second kappa shape index (κ2) is 6.11. The monoisotopic (exact) mass is 295 g/mol. The summed E-state index contributed by atoms with van der Waals surface area (Å²) in [5.41, 5.74) is -0.610. The van der Waals surface area contributed by atoms with E-state index in [9.17, 15) is 14.9 Å². The quantitative estimate of drug-likeness (QED) is 0.508. The molecule has 20 heavy (non-hydrogen) atoms. The summed E-state index contributed by atoms with van der Waals surface area (Å²) in [5, 5.41) is 17.1. The van der Waals surface area contributed by atoms with Gasteiger partial charge in [-0.15, -0.1) is 0 Å². The van der Waals surface area contributed by atoms with E-state index in [1.807, 2.05) is 0 Å². The fraction of sp³-hybridized carbons (Fsp3) is 0.182. The van der Waals surface area contributed by atoms with Gasteiger partial charge in [-0.1, -0.05) is 11.6 Å². The molecular formula is C11H10ClN5O3. The predicted octanol–water partition coefficient (Wildman–Crippen LogP) is 1.27. The molecule has 0 bridgehead atoms. The highest BCUT2D eigenvalue weighted by atomic mass is 35.5. The maximum atomic E-state index is 11.9. The molecule has 0 saturated carbocycles. The van der Waals surface area contributed by atoms with Crippen molar-refractivity contribution in [3.05, 3.63) is 51.6 Å². The lowest BCUT2D eigenvalue weighted by atomic mass is 10.2. The highest BCUT2D eigenvalue weighted by molar-refractivity contribution is 6.32. The van der Waals surface area contributed by atoms with Gasteiger partial charge >= 0.3 is 5.69 Å². The lowest BCUT2D eigenvalue weighted by Crippen LogP contribution is -2.28. The third-order valence-corrected chi connectivity index (χ3v) is 2.77. The van der Waals surface area contributed by atoms with Gasteiger partial charge < -0.3 is 5.32 Å². The van der Waals surface area contributed by atoms with E-state index < -0.39 is 16.5 Å². The normalized spacial score (nSPS) is 10.2. The zero-order valence-electron chi connectivity index (χ0n) is 10.2. The number of hydrogen-bond donors (Lipinski definition) is 1. The van der Waals surface area contributed by atoms with Crippen LogP contribution in [0.5, 0.6) is 0 Å². The standard InChI is InChI=1S/C11H10ClN5O3/c12-10-9(17(19)20)8(2-4-13-10)11(18)14-5-7-16-6-1-3-15-16/h1-4,6H,5,7H2,(H,14,18). The fourth-order valence-electron chi connectivity index (χ4n) is 1.60. The molecule has 2 aromatic rings. The molecule has 2 heterocycles. The van der Waals surface area contributed by atoms with Gasteiger partial charge in [0.05, 0.1) is 11.5 Å². The van der Waals surface area contributed by atoms with Crippen molar-refractivity contribution in [2.45, 2.75) is 6.54 Å². The Hall–Kier alpha value is -2.48. The first kappa shape index (κ1) is 13.9. The maximum Gasteiger partial charge on any atom is 0.319 e. The van der Waals surface area contributed by atoms with Crippen LogP contribution in [0.1, 0.15) is 10.4 Å². The molecule has 104 valence electrons. The van der Waals surface area contributed by atoms with Crippen LogP contribution in [0.4, 0.5) is 5.69 Å². The van der Waals surface area contributed by atoms with E-state index in [0.29, 0.717) is 6.54 Å². The fourth-order valence-corrected chi connectivity index (χ4v) is 1.82. The zero-order valence-corrected chi connectivity index (χ0v) is 10.9. The van der Waals surface area contributed by atoms with Crippen LogP contribution in [0.3, 0.4) is 0 Å². The van der Waals surface area contributed by atoms with Crippen molar-refractivity contribution in [1.82, 2.24) is 20.1 Å². The minimum absolute atomic E-state index is 0.115. The van der Waals surface area contributed by atoms with Gasteiger partial charge in [0.1, 0.15) is 5.56 Å². The number of rotatable bonds is 5. The maximum absolute atomic E-state index is 11.9. The minimum atomic E-state index is -0.724. The molecule has 0 atom stereocenters. The Balaban J connectivity index is 2.06. The van der Waals surface area contributed by atoms with Crippen molar-refractivity contribution in [3.63, 3.8) is 0 Å². The molecule has 0 radical (unpaired) electrons. The third kappa shape index (κ3) is 3.09. The van der Waals surface area contributed by atoms with Gasteiger partial charge in [-0.25, -0.2) is 4.98 Å². The number of nitro groups is 1. The molecule has 8 nitrogen and oxygen atoms in total. The Kier molecular flexibility index (Phi) is 4.26. The van der Waals surface area contributed by atoms with Crippen LogP contribution in [-0.2, 0) is 6.54 Å². The molecule has 0 unspecified atom stereocenters. The summed E-state index contributed by atoms with van der Waals surface area (Å²) in [6.45, 7) is 0.753. The van der Waals surface area contributed by atoms with Crippen LogP contribution in [0.25, 0.3) is 0 Å². The average Bonchev–Trinajstić information content (AvgIpc) is 2.91. The van der Waals surface area contributed by atoms with E-state index >= 15 is 0 Å². The molecule has 0 aromatic carbocycles. The summed E-state index contributed by atoms with van der Waals surface area (Å²) in [7, 11) is 0. The number of hydrogen-bond acceptors (Lipinski definition) is 5. The van der Waals surface area contributed by atoms with Crippen molar-refractivity contribution in [2.24, 2.45) is 0 Å². The minimum Gasteiger partial charge on any atom is -0.350 e. The molecule has 0 fully saturated rings. The molecule has 0 aliphatic carbocycles. The first-order chi connectivity index (χ1) is 9.59. The number of halogens is 1. The van der Waals surface area contributed by atoms with E-state index in [2.05, 4.69) is 15.4 Å². The Morgan fingerprint density at radius 3 is 2.95 bits per heavy atom. The van der Waals surface area contributed by atoms with E-state index in [1.54, 1.807) is 23.1 Å². The zero-order chi connectivity index (χ0) is 14.5. The smallest absolute Gasteiger partial charge is 0.319 e.